The van der Waals surface area contributed by atoms with Gasteiger partial charge in [-0.15, -0.1) is 0 Å². The number of nitrogens with zero attached hydrogens (tertiary/aromatic N) is 2. The highest BCUT2D eigenvalue weighted by atomic mass is 35.5. The lowest BCUT2D eigenvalue weighted by molar-refractivity contribution is 0.0932. The van der Waals surface area contributed by atoms with Crippen LogP contribution in [0.2, 0.25) is 5.02 Å². The van der Waals surface area contributed by atoms with E-state index in [2.05, 4.69) is 10.4 Å². The molecule has 128 valence electrons. The van der Waals surface area contributed by atoms with Crippen LogP contribution in [0.15, 0.2) is 24.3 Å². The molecule has 1 fully saturated rings. The van der Waals surface area contributed by atoms with Crippen molar-refractivity contribution < 1.29 is 4.79 Å². The fourth-order valence-corrected chi connectivity index (χ4v) is 3.27. The number of hydrogen-bond donors (Lipinski definition) is 2. The molecular formula is C18H23ClN4O. The predicted molar refractivity (Wildman–Crippen MR) is 95.3 cm³/mol. The van der Waals surface area contributed by atoms with Crippen LogP contribution in [0, 0.1) is 19.8 Å². The summed E-state index contributed by atoms with van der Waals surface area (Å²) in [5.41, 5.74) is 8.98. The zero-order valence-electron chi connectivity index (χ0n) is 14.1. The van der Waals surface area contributed by atoms with Crippen molar-refractivity contribution >= 4 is 17.5 Å². The molecule has 0 bridgehead atoms. The lowest BCUT2D eigenvalue weighted by atomic mass is 10.1. The van der Waals surface area contributed by atoms with Crippen LogP contribution in [0.5, 0.6) is 0 Å². The Morgan fingerprint density at radius 2 is 2.12 bits per heavy atom. The van der Waals surface area contributed by atoms with Crippen LogP contribution >= 0.6 is 11.6 Å². The summed E-state index contributed by atoms with van der Waals surface area (Å²) < 4.78 is 1.83. The van der Waals surface area contributed by atoms with Crippen molar-refractivity contribution in [1.82, 2.24) is 15.1 Å². The number of nitrogens with one attached hydrogen (secondary N) is 1. The number of rotatable bonds is 6. The number of aryl methyl sites for hydroxylation is 1. The molecule has 24 heavy (non-hydrogen) atoms. The minimum Gasteiger partial charge on any atom is -0.348 e. The molecule has 3 N–H and O–H groups in total. The highest BCUT2D eigenvalue weighted by molar-refractivity contribution is 6.31. The summed E-state index contributed by atoms with van der Waals surface area (Å²) in [4.78, 5) is 12.7. The van der Waals surface area contributed by atoms with Crippen molar-refractivity contribution in [3.05, 3.63) is 51.8 Å². The highest BCUT2D eigenvalue weighted by Gasteiger charge is 2.32. The second-order valence-corrected chi connectivity index (χ2v) is 6.86. The largest absolute Gasteiger partial charge is 0.348 e. The molecule has 1 unspecified atom stereocenters. The van der Waals surface area contributed by atoms with E-state index in [1.165, 1.54) is 0 Å². The van der Waals surface area contributed by atoms with Gasteiger partial charge in [-0.2, -0.15) is 5.10 Å². The standard InChI is InChI=1S/C18H23ClN4O/c1-11-17(18(24)21-16(9-20)13-7-8-13)12(2)23(22-11)10-14-5-3-4-6-15(14)19/h3-6,13,16H,7-10,20H2,1-2H3,(H,21,24). The molecule has 0 radical (unpaired) electrons. The molecule has 0 aliphatic heterocycles. The Bertz CT molecular complexity index is 751. The molecule has 1 aromatic heterocycles. The predicted octanol–water partition coefficient (Wildman–Crippen LogP) is 2.67. The summed E-state index contributed by atoms with van der Waals surface area (Å²) >= 11 is 6.23. The molecule has 5 nitrogen and oxygen atoms in total. The molecule has 1 heterocycles. The number of amides is 1. The maximum absolute atomic E-state index is 12.7. The number of carbonyl (C=O) groups excluding carboxylic acids is 1. The van der Waals surface area contributed by atoms with Crippen LogP contribution in [0.3, 0.4) is 0 Å². The zero-order valence-corrected chi connectivity index (χ0v) is 14.8. The molecule has 1 amide bonds. The monoisotopic (exact) mass is 346 g/mol. The first-order valence-electron chi connectivity index (χ1n) is 8.29. The van der Waals surface area contributed by atoms with E-state index in [0.717, 1.165) is 29.8 Å². The van der Waals surface area contributed by atoms with Crippen LogP contribution in [0.25, 0.3) is 0 Å². The average molecular weight is 347 g/mol. The normalized spacial score (nSPS) is 15.3. The lowest BCUT2D eigenvalue weighted by Gasteiger charge is -2.16. The van der Waals surface area contributed by atoms with Gasteiger partial charge in [0.05, 0.1) is 17.8 Å². The van der Waals surface area contributed by atoms with Crippen molar-refractivity contribution in [2.24, 2.45) is 11.7 Å². The van der Waals surface area contributed by atoms with E-state index >= 15 is 0 Å². The van der Waals surface area contributed by atoms with Gasteiger partial charge in [-0.25, -0.2) is 0 Å². The maximum atomic E-state index is 12.7. The topological polar surface area (TPSA) is 72.9 Å². The Labute approximate surface area is 147 Å². The van der Waals surface area contributed by atoms with Gasteiger partial charge >= 0.3 is 0 Å². The first kappa shape index (κ1) is 17.0. The van der Waals surface area contributed by atoms with Gasteiger partial charge in [0.1, 0.15) is 0 Å². The number of aromatic nitrogens is 2. The molecule has 0 saturated heterocycles. The maximum Gasteiger partial charge on any atom is 0.255 e. The SMILES string of the molecule is Cc1nn(Cc2ccccc2Cl)c(C)c1C(=O)NC(CN)C1CC1. The minimum atomic E-state index is -0.0854. The second-order valence-electron chi connectivity index (χ2n) is 6.45. The first-order valence-corrected chi connectivity index (χ1v) is 8.67. The summed E-state index contributed by atoms with van der Waals surface area (Å²) in [6.45, 7) is 4.80. The van der Waals surface area contributed by atoms with E-state index in [-0.39, 0.29) is 11.9 Å². The third kappa shape index (κ3) is 3.47. The summed E-state index contributed by atoms with van der Waals surface area (Å²) in [7, 11) is 0. The summed E-state index contributed by atoms with van der Waals surface area (Å²) in [5, 5.41) is 8.30. The lowest BCUT2D eigenvalue weighted by Crippen LogP contribution is -2.42. The summed E-state index contributed by atoms with van der Waals surface area (Å²) in [6.07, 6.45) is 2.29. The highest BCUT2D eigenvalue weighted by Crippen LogP contribution is 2.32. The number of benzene rings is 1. The number of halogens is 1. The number of hydrogen-bond acceptors (Lipinski definition) is 3. The molecule has 3 rings (SSSR count). The van der Waals surface area contributed by atoms with Gasteiger partial charge < -0.3 is 11.1 Å². The molecule has 1 aliphatic rings. The first-order chi connectivity index (χ1) is 11.5. The molecule has 1 aliphatic carbocycles. The van der Waals surface area contributed by atoms with Gasteiger partial charge in [0.15, 0.2) is 0 Å². The van der Waals surface area contributed by atoms with E-state index in [1.807, 2.05) is 42.8 Å². The molecule has 6 heteroatoms. The minimum absolute atomic E-state index is 0.0585. The Balaban J connectivity index is 1.81. The van der Waals surface area contributed by atoms with Crippen LogP contribution in [-0.2, 0) is 6.54 Å². The smallest absolute Gasteiger partial charge is 0.255 e. The van der Waals surface area contributed by atoms with Crippen molar-refractivity contribution in [1.29, 1.82) is 0 Å². The van der Waals surface area contributed by atoms with Crippen molar-refractivity contribution in [2.75, 3.05) is 6.54 Å². The summed E-state index contributed by atoms with van der Waals surface area (Å²) in [6, 6.07) is 7.73. The summed E-state index contributed by atoms with van der Waals surface area (Å²) in [5.74, 6) is 0.440. The van der Waals surface area contributed by atoms with Crippen molar-refractivity contribution in [2.45, 2.75) is 39.3 Å². The molecule has 1 aromatic carbocycles. The van der Waals surface area contributed by atoms with Crippen LogP contribution in [-0.4, -0.2) is 28.3 Å². The molecule has 0 spiro atoms. The fourth-order valence-electron chi connectivity index (χ4n) is 3.08. The Hall–Kier alpha value is -1.85. The van der Waals surface area contributed by atoms with E-state index < -0.39 is 0 Å². The van der Waals surface area contributed by atoms with Gasteiger partial charge in [0.25, 0.3) is 5.91 Å². The molecule has 1 atom stereocenters. The van der Waals surface area contributed by atoms with Gasteiger partial charge in [-0.3, -0.25) is 9.48 Å². The van der Waals surface area contributed by atoms with Gasteiger partial charge in [-0.1, -0.05) is 29.8 Å². The van der Waals surface area contributed by atoms with Crippen molar-refractivity contribution in [3.63, 3.8) is 0 Å². The van der Waals surface area contributed by atoms with Gasteiger partial charge in [0, 0.05) is 23.3 Å². The third-order valence-corrected chi connectivity index (χ3v) is 5.02. The Kier molecular flexibility index (Phi) is 4.92. The number of carbonyl (C=O) groups is 1. The third-order valence-electron chi connectivity index (χ3n) is 4.65. The van der Waals surface area contributed by atoms with Crippen LogP contribution in [0.1, 0.15) is 40.2 Å². The second kappa shape index (κ2) is 6.95. The zero-order chi connectivity index (χ0) is 17.3. The molecule has 2 aromatic rings. The van der Waals surface area contributed by atoms with Crippen LogP contribution in [0.4, 0.5) is 0 Å². The van der Waals surface area contributed by atoms with E-state index in [4.69, 9.17) is 17.3 Å². The van der Waals surface area contributed by atoms with Crippen LogP contribution < -0.4 is 11.1 Å². The van der Waals surface area contributed by atoms with E-state index in [1.54, 1.807) is 0 Å². The average Bonchev–Trinajstić information content (AvgIpc) is 3.34. The Morgan fingerprint density at radius 3 is 2.75 bits per heavy atom. The fraction of sp³-hybridized carbons (Fsp3) is 0.444. The molecular weight excluding hydrogens is 324 g/mol. The molecule has 1 saturated carbocycles. The van der Waals surface area contributed by atoms with Gasteiger partial charge in [0.2, 0.25) is 0 Å². The van der Waals surface area contributed by atoms with E-state index in [9.17, 15) is 4.79 Å². The Morgan fingerprint density at radius 1 is 1.42 bits per heavy atom. The van der Waals surface area contributed by atoms with E-state index in [0.29, 0.717) is 29.6 Å². The quantitative estimate of drug-likeness (QED) is 0.844. The van der Waals surface area contributed by atoms with Crippen molar-refractivity contribution in [3.8, 4) is 0 Å². The van der Waals surface area contributed by atoms with Gasteiger partial charge in [-0.05, 0) is 44.2 Å². The number of nitrogens with two attached hydrogens (primary N) is 1.